The molecule has 0 saturated carbocycles. The molecule has 1 N–H and O–H groups in total. The molecule has 0 radical (unpaired) electrons. The van der Waals surface area contributed by atoms with E-state index in [9.17, 15) is 9.90 Å². The monoisotopic (exact) mass is 342 g/mol. The summed E-state index contributed by atoms with van der Waals surface area (Å²) in [5.74, 6) is 0.594. The van der Waals surface area contributed by atoms with Gasteiger partial charge in [-0.2, -0.15) is 0 Å². The van der Waals surface area contributed by atoms with Crippen molar-refractivity contribution in [1.82, 2.24) is 0 Å². The number of aliphatic hydroxyl groups excluding tert-OH is 1. The number of hydrogen-bond donors (Lipinski definition) is 1. The topological polar surface area (TPSA) is 46.5 Å². The molecule has 3 heteroatoms. The predicted molar refractivity (Wildman–Crippen MR) is 102 cm³/mol. The molecule has 24 heavy (non-hydrogen) atoms. The second kappa shape index (κ2) is 17.3. The van der Waals surface area contributed by atoms with Crippen LogP contribution in [0.1, 0.15) is 117 Å². The third kappa shape index (κ3) is 17.8. The van der Waals surface area contributed by atoms with Gasteiger partial charge in [-0.25, -0.2) is 0 Å². The van der Waals surface area contributed by atoms with Crippen LogP contribution in [0.4, 0.5) is 0 Å². The van der Waals surface area contributed by atoms with Gasteiger partial charge in [-0.05, 0) is 12.3 Å². The molecule has 0 spiro atoms. The molecule has 0 aliphatic heterocycles. The molecule has 0 rings (SSSR count). The highest BCUT2D eigenvalue weighted by Gasteiger charge is 2.07. The molecule has 1 atom stereocenters. The summed E-state index contributed by atoms with van der Waals surface area (Å²) in [6.07, 6.45) is 16.9. The van der Waals surface area contributed by atoms with Gasteiger partial charge >= 0.3 is 5.97 Å². The smallest absolute Gasteiger partial charge is 0.308 e. The van der Waals surface area contributed by atoms with Crippen LogP contribution in [0, 0.1) is 5.92 Å². The number of carbonyl (C=O) groups is 1. The Morgan fingerprint density at radius 3 is 1.62 bits per heavy atom. The maximum atomic E-state index is 11.4. The SMILES string of the molecule is CCC(O)OC(=O)CCCCCCCCCCCCCCC(C)C. The van der Waals surface area contributed by atoms with E-state index in [1.807, 2.05) is 0 Å². The Balaban J connectivity index is 3.14. The summed E-state index contributed by atoms with van der Waals surface area (Å²) < 4.78 is 4.83. The minimum atomic E-state index is -0.923. The van der Waals surface area contributed by atoms with Gasteiger partial charge < -0.3 is 9.84 Å². The van der Waals surface area contributed by atoms with Crippen molar-refractivity contribution in [3.63, 3.8) is 0 Å². The van der Waals surface area contributed by atoms with E-state index >= 15 is 0 Å². The van der Waals surface area contributed by atoms with Gasteiger partial charge in [-0.1, -0.05) is 97.8 Å². The van der Waals surface area contributed by atoms with Crippen LogP contribution in [0.25, 0.3) is 0 Å². The number of unbranched alkanes of at least 4 members (excludes halogenated alkanes) is 11. The second-order valence-corrected chi connectivity index (χ2v) is 7.53. The van der Waals surface area contributed by atoms with Crippen molar-refractivity contribution in [3.05, 3.63) is 0 Å². The Labute approximate surface area is 150 Å². The fourth-order valence-corrected chi connectivity index (χ4v) is 2.88. The lowest BCUT2D eigenvalue weighted by molar-refractivity contribution is -0.168. The van der Waals surface area contributed by atoms with Gasteiger partial charge in [0, 0.05) is 12.8 Å². The van der Waals surface area contributed by atoms with E-state index in [0.717, 1.165) is 18.8 Å². The van der Waals surface area contributed by atoms with Crippen molar-refractivity contribution < 1.29 is 14.6 Å². The summed E-state index contributed by atoms with van der Waals surface area (Å²) in [4.78, 5) is 11.4. The first kappa shape index (κ1) is 23.4. The summed E-state index contributed by atoms with van der Waals surface area (Å²) in [7, 11) is 0. The van der Waals surface area contributed by atoms with E-state index in [-0.39, 0.29) is 5.97 Å². The largest absolute Gasteiger partial charge is 0.436 e. The minimum Gasteiger partial charge on any atom is -0.436 e. The van der Waals surface area contributed by atoms with Gasteiger partial charge in [0.15, 0.2) is 6.29 Å². The van der Waals surface area contributed by atoms with Gasteiger partial charge in [0.25, 0.3) is 0 Å². The van der Waals surface area contributed by atoms with Crippen molar-refractivity contribution in [3.8, 4) is 0 Å². The first-order valence-electron chi connectivity index (χ1n) is 10.4. The third-order valence-corrected chi connectivity index (χ3v) is 4.53. The van der Waals surface area contributed by atoms with E-state index in [0.29, 0.717) is 12.8 Å². The number of ether oxygens (including phenoxy) is 1. The molecule has 0 aromatic rings. The van der Waals surface area contributed by atoms with E-state index < -0.39 is 6.29 Å². The Bertz CT molecular complexity index is 276. The zero-order valence-electron chi connectivity index (χ0n) is 16.5. The average molecular weight is 343 g/mol. The van der Waals surface area contributed by atoms with Crippen LogP contribution < -0.4 is 0 Å². The summed E-state index contributed by atoms with van der Waals surface area (Å²) in [5, 5.41) is 9.21. The van der Waals surface area contributed by atoms with Crippen molar-refractivity contribution in [2.24, 2.45) is 5.92 Å². The molecule has 1 unspecified atom stereocenters. The van der Waals surface area contributed by atoms with Gasteiger partial charge in [-0.3, -0.25) is 4.79 Å². The van der Waals surface area contributed by atoms with Crippen LogP contribution >= 0.6 is 0 Å². The number of esters is 1. The Morgan fingerprint density at radius 1 is 0.792 bits per heavy atom. The van der Waals surface area contributed by atoms with Crippen LogP contribution in [0.15, 0.2) is 0 Å². The first-order chi connectivity index (χ1) is 11.6. The fraction of sp³-hybridized carbons (Fsp3) is 0.952. The van der Waals surface area contributed by atoms with Crippen LogP contribution in [-0.4, -0.2) is 17.4 Å². The Morgan fingerprint density at radius 2 is 1.21 bits per heavy atom. The lowest BCUT2D eigenvalue weighted by atomic mass is 10.0. The van der Waals surface area contributed by atoms with E-state index in [1.165, 1.54) is 70.6 Å². The van der Waals surface area contributed by atoms with Crippen molar-refractivity contribution in [2.45, 2.75) is 123 Å². The van der Waals surface area contributed by atoms with Crippen LogP contribution in [0.3, 0.4) is 0 Å². The minimum absolute atomic E-state index is 0.266. The summed E-state index contributed by atoms with van der Waals surface area (Å²) in [6, 6.07) is 0. The number of aliphatic hydroxyl groups is 1. The van der Waals surface area contributed by atoms with Crippen LogP contribution in [-0.2, 0) is 9.53 Å². The third-order valence-electron chi connectivity index (χ3n) is 4.53. The molecule has 0 aliphatic rings. The fourth-order valence-electron chi connectivity index (χ4n) is 2.88. The van der Waals surface area contributed by atoms with E-state index in [2.05, 4.69) is 13.8 Å². The Kier molecular flexibility index (Phi) is 16.8. The van der Waals surface area contributed by atoms with Crippen LogP contribution in [0.5, 0.6) is 0 Å². The van der Waals surface area contributed by atoms with Crippen molar-refractivity contribution >= 4 is 5.97 Å². The normalized spacial score (nSPS) is 12.5. The predicted octanol–water partition coefficient (Wildman–Crippen LogP) is 6.38. The molecule has 0 amide bonds. The van der Waals surface area contributed by atoms with Crippen LogP contribution in [0.2, 0.25) is 0 Å². The van der Waals surface area contributed by atoms with Gasteiger partial charge in [0.1, 0.15) is 0 Å². The second-order valence-electron chi connectivity index (χ2n) is 7.53. The summed E-state index contributed by atoms with van der Waals surface area (Å²) in [6.45, 7) is 6.41. The highest BCUT2D eigenvalue weighted by atomic mass is 16.6. The quantitative estimate of drug-likeness (QED) is 0.190. The molecule has 0 aromatic heterocycles. The standard InChI is InChI=1S/C21H42O3/c1-4-20(22)24-21(23)18-16-14-12-10-8-6-5-7-9-11-13-15-17-19(2)3/h19-20,22H,4-18H2,1-3H3. The molecule has 0 aromatic carbocycles. The highest BCUT2D eigenvalue weighted by Crippen LogP contribution is 2.14. The van der Waals surface area contributed by atoms with Crippen molar-refractivity contribution in [2.75, 3.05) is 0 Å². The zero-order chi connectivity index (χ0) is 18.0. The maximum Gasteiger partial charge on any atom is 0.308 e. The molecule has 0 fully saturated rings. The molecule has 0 aliphatic carbocycles. The van der Waals surface area contributed by atoms with Gasteiger partial charge in [0.05, 0.1) is 0 Å². The summed E-state index contributed by atoms with van der Waals surface area (Å²) >= 11 is 0. The summed E-state index contributed by atoms with van der Waals surface area (Å²) in [5.41, 5.74) is 0. The number of rotatable bonds is 17. The molecular formula is C21H42O3. The van der Waals surface area contributed by atoms with Gasteiger partial charge in [-0.15, -0.1) is 0 Å². The lowest BCUT2D eigenvalue weighted by Gasteiger charge is -2.09. The molecule has 0 bridgehead atoms. The molecule has 3 nitrogen and oxygen atoms in total. The number of carbonyl (C=O) groups excluding carboxylic acids is 1. The van der Waals surface area contributed by atoms with E-state index in [1.54, 1.807) is 6.92 Å². The van der Waals surface area contributed by atoms with Gasteiger partial charge in [0.2, 0.25) is 0 Å². The maximum absolute atomic E-state index is 11.4. The number of hydrogen-bond acceptors (Lipinski definition) is 3. The Hall–Kier alpha value is -0.570. The molecular weight excluding hydrogens is 300 g/mol. The lowest BCUT2D eigenvalue weighted by Crippen LogP contribution is -2.16. The molecule has 0 saturated heterocycles. The first-order valence-corrected chi connectivity index (χ1v) is 10.4. The highest BCUT2D eigenvalue weighted by molar-refractivity contribution is 5.69. The molecule has 144 valence electrons. The average Bonchev–Trinajstić information content (AvgIpc) is 2.54. The molecule has 0 heterocycles. The van der Waals surface area contributed by atoms with E-state index in [4.69, 9.17) is 4.74 Å². The van der Waals surface area contributed by atoms with Crippen molar-refractivity contribution in [1.29, 1.82) is 0 Å². The zero-order valence-corrected chi connectivity index (χ0v) is 16.5.